The first-order valence-corrected chi connectivity index (χ1v) is 7.68. The predicted octanol–water partition coefficient (Wildman–Crippen LogP) is 2.14. The topological polar surface area (TPSA) is 81.4 Å². The predicted molar refractivity (Wildman–Crippen MR) is 83.4 cm³/mol. The van der Waals surface area contributed by atoms with Gasteiger partial charge < -0.3 is 14.2 Å². The number of halogens is 1. The van der Waals surface area contributed by atoms with Crippen LogP contribution in [0.2, 0.25) is 5.15 Å². The van der Waals surface area contributed by atoms with Gasteiger partial charge in [0.15, 0.2) is 5.15 Å². The van der Waals surface area contributed by atoms with Gasteiger partial charge in [-0.15, -0.1) is 5.10 Å². The van der Waals surface area contributed by atoms with Crippen LogP contribution in [0, 0.1) is 6.92 Å². The molecule has 3 rings (SSSR count). The normalized spacial score (nSPS) is 17.1. The Balaban J connectivity index is 1.84. The number of hydrogen-bond acceptors (Lipinski definition) is 7. The number of methoxy groups -OCH3 is 1. The summed E-state index contributed by atoms with van der Waals surface area (Å²) in [6.07, 6.45) is 2.81. The van der Waals surface area contributed by atoms with Crippen LogP contribution in [0.15, 0.2) is 22.9 Å². The Morgan fingerprint density at radius 1 is 1.39 bits per heavy atom. The smallest absolute Gasteiger partial charge is 0.318 e. The fraction of sp³-hybridized carbons (Fsp3) is 0.467. The lowest BCUT2D eigenvalue weighted by Crippen LogP contribution is -2.48. The van der Waals surface area contributed by atoms with Crippen molar-refractivity contribution < 1.29 is 14.1 Å². The molecule has 0 atom stereocenters. The van der Waals surface area contributed by atoms with E-state index in [0.29, 0.717) is 42.5 Å². The molecule has 1 aliphatic rings. The van der Waals surface area contributed by atoms with Gasteiger partial charge in [-0.05, 0) is 19.8 Å². The fourth-order valence-electron chi connectivity index (χ4n) is 3.00. The van der Waals surface area contributed by atoms with Crippen LogP contribution in [0.5, 0.6) is 0 Å². The number of nitrogens with zero attached hydrogens (tertiary/aromatic N) is 4. The van der Waals surface area contributed by atoms with E-state index in [1.165, 1.54) is 7.11 Å². The summed E-state index contributed by atoms with van der Waals surface area (Å²) < 4.78 is 10.2. The van der Waals surface area contributed by atoms with Crippen molar-refractivity contribution in [2.75, 3.05) is 25.1 Å². The molecule has 2 aromatic heterocycles. The van der Waals surface area contributed by atoms with Crippen molar-refractivity contribution in [2.45, 2.75) is 25.2 Å². The number of carbonyl (C=O) groups excluding carboxylic acids is 1. The standard InChI is InChI=1S/C15H17ClN4O3/c1-10-7-12(19-23-10)15(14(21)22-2)3-5-20(6-4-15)11-8-13(16)18-17-9-11/h7-9H,3-6H2,1-2H3. The molecule has 0 aromatic carbocycles. The molecule has 0 spiro atoms. The van der Waals surface area contributed by atoms with Crippen molar-refractivity contribution in [1.82, 2.24) is 15.4 Å². The van der Waals surface area contributed by atoms with Gasteiger partial charge in [0.1, 0.15) is 16.9 Å². The first kappa shape index (κ1) is 15.7. The molecule has 3 heterocycles. The van der Waals surface area contributed by atoms with Crippen molar-refractivity contribution in [1.29, 1.82) is 0 Å². The van der Waals surface area contributed by atoms with Crippen LogP contribution in [-0.2, 0) is 14.9 Å². The maximum Gasteiger partial charge on any atom is 0.318 e. The largest absolute Gasteiger partial charge is 0.468 e. The molecule has 7 nitrogen and oxygen atoms in total. The number of aromatic nitrogens is 3. The minimum absolute atomic E-state index is 0.281. The summed E-state index contributed by atoms with van der Waals surface area (Å²) in [5, 5.41) is 12.0. The molecular weight excluding hydrogens is 320 g/mol. The zero-order valence-corrected chi connectivity index (χ0v) is 13.7. The van der Waals surface area contributed by atoms with E-state index in [1.54, 1.807) is 25.3 Å². The van der Waals surface area contributed by atoms with E-state index in [9.17, 15) is 4.79 Å². The Bertz CT molecular complexity index is 710. The van der Waals surface area contributed by atoms with Crippen LogP contribution >= 0.6 is 11.6 Å². The minimum Gasteiger partial charge on any atom is -0.468 e. The second kappa shape index (κ2) is 6.16. The van der Waals surface area contributed by atoms with Crippen molar-refractivity contribution in [3.63, 3.8) is 0 Å². The lowest BCUT2D eigenvalue weighted by atomic mass is 9.75. The first-order valence-electron chi connectivity index (χ1n) is 7.30. The van der Waals surface area contributed by atoms with Crippen LogP contribution in [0.4, 0.5) is 5.69 Å². The molecule has 0 aliphatic carbocycles. The Hall–Kier alpha value is -2.15. The summed E-state index contributed by atoms with van der Waals surface area (Å²) in [6.45, 7) is 3.12. The van der Waals surface area contributed by atoms with Gasteiger partial charge in [-0.2, -0.15) is 5.10 Å². The van der Waals surface area contributed by atoms with Crippen molar-refractivity contribution in [3.8, 4) is 0 Å². The minimum atomic E-state index is -0.771. The van der Waals surface area contributed by atoms with Gasteiger partial charge in [0.05, 0.1) is 19.0 Å². The second-order valence-corrected chi connectivity index (χ2v) is 6.01. The molecule has 0 radical (unpaired) electrons. The van der Waals surface area contributed by atoms with E-state index in [4.69, 9.17) is 20.9 Å². The molecule has 0 saturated carbocycles. The highest BCUT2D eigenvalue weighted by Crippen LogP contribution is 2.37. The average molecular weight is 337 g/mol. The third-order valence-electron chi connectivity index (χ3n) is 4.29. The maximum atomic E-state index is 12.4. The van der Waals surface area contributed by atoms with Crippen LogP contribution in [-0.4, -0.2) is 41.5 Å². The number of piperidine rings is 1. The third-order valence-corrected chi connectivity index (χ3v) is 4.47. The average Bonchev–Trinajstić information content (AvgIpc) is 3.01. The van der Waals surface area contributed by atoms with E-state index in [1.807, 2.05) is 0 Å². The van der Waals surface area contributed by atoms with E-state index >= 15 is 0 Å². The summed E-state index contributed by atoms with van der Waals surface area (Å²) in [5.74, 6) is 0.396. The Labute approximate surface area is 138 Å². The van der Waals surface area contributed by atoms with Gasteiger partial charge >= 0.3 is 5.97 Å². The molecule has 1 aliphatic heterocycles. The molecule has 0 N–H and O–H groups in total. The van der Waals surface area contributed by atoms with E-state index in [-0.39, 0.29) is 5.97 Å². The molecule has 2 aromatic rings. The number of anilines is 1. The summed E-state index contributed by atoms with van der Waals surface area (Å²) in [5.41, 5.74) is 0.750. The van der Waals surface area contributed by atoms with Gasteiger partial charge in [0.25, 0.3) is 0 Å². The van der Waals surface area contributed by atoms with Crippen molar-refractivity contribution in [2.24, 2.45) is 0 Å². The Kier molecular flexibility index (Phi) is 4.21. The van der Waals surface area contributed by atoms with Crippen LogP contribution in [0.1, 0.15) is 24.3 Å². The molecule has 1 fully saturated rings. The molecule has 23 heavy (non-hydrogen) atoms. The van der Waals surface area contributed by atoms with E-state index in [2.05, 4.69) is 20.3 Å². The number of aryl methyl sites for hydroxylation is 1. The molecule has 8 heteroatoms. The lowest BCUT2D eigenvalue weighted by Gasteiger charge is -2.39. The highest BCUT2D eigenvalue weighted by molar-refractivity contribution is 6.29. The summed E-state index contributed by atoms with van der Waals surface area (Å²) >= 11 is 5.89. The highest BCUT2D eigenvalue weighted by Gasteiger charge is 2.46. The highest BCUT2D eigenvalue weighted by atomic mass is 35.5. The maximum absolute atomic E-state index is 12.4. The molecule has 0 bridgehead atoms. The van der Waals surface area contributed by atoms with Gasteiger partial charge in [0.2, 0.25) is 0 Å². The SMILES string of the molecule is COC(=O)C1(c2cc(C)on2)CCN(c2cnnc(Cl)c2)CC1. The van der Waals surface area contributed by atoms with Crippen molar-refractivity contribution in [3.05, 3.63) is 34.9 Å². The van der Waals surface area contributed by atoms with Gasteiger partial charge in [-0.1, -0.05) is 16.8 Å². The zero-order chi connectivity index (χ0) is 16.4. The van der Waals surface area contributed by atoms with Gasteiger partial charge in [-0.3, -0.25) is 4.79 Å². The number of ether oxygens (including phenoxy) is 1. The molecule has 122 valence electrons. The molecule has 0 unspecified atom stereocenters. The monoisotopic (exact) mass is 336 g/mol. The van der Waals surface area contributed by atoms with Crippen LogP contribution < -0.4 is 4.90 Å². The summed E-state index contributed by atoms with van der Waals surface area (Å²) in [6, 6.07) is 3.57. The quantitative estimate of drug-likeness (QED) is 0.794. The van der Waals surface area contributed by atoms with Gasteiger partial charge in [-0.25, -0.2) is 0 Å². The van der Waals surface area contributed by atoms with Crippen molar-refractivity contribution >= 4 is 23.3 Å². The number of esters is 1. The first-order chi connectivity index (χ1) is 11.0. The van der Waals surface area contributed by atoms with Crippen LogP contribution in [0.25, 0.3) is 0 Å². The zero-order valence-electron chi connectivity index (χ0n) is 13.0. The number of rotatable bonds is 3. The summed E-state index contributed by atoms with van der Waals surface area (Å²) in [4.78, 5) is 14.5. The third kappa shape index (κ3) is 2.88. The molecule has 0 amide bonds. The number of hydrogen-bond donors (Lipinski definition) is 0. The fourth-order valence-corrected chi connectivity index (χ4v) is 3.16. The van der Waals surface area contributed by atoms with E-state index < -0.39 is 5.41 Å². The molecule has 1 saturated heterocycles. The molecular formula is C15H17ClN4O3. The lowest BCUT2D eigenvalue weighted by molar-refractivity contribution is -0.148. The second-order valence-electron chi connectivity index (χ2n) is 5.62. The summed E-state index contributed by atoms with van der Waals surface area (Å²) in [7, 11) is 1.40. The van der Waals surface area contributed by atoms with E-state index in [0.717, 1.165) is 5.69 Å². The van der Waals surface area contributed by atoms with Crippen LogP contribution in [0.3, 0.4) is 0 Å². The number of carbonyl (C=O) groups is 1. The van der Waals surface area contributed by atoms with Gasteiger partial charge in [0, 0.05) is 25.2 Å². The Morgan fingerprint density at radius 3 is 2.70 bits per heavy atom. The Morgan fingerprint density at radius 2 is 2.13 bits per heavy atom.